The van der Waals surface area contributed by atoms with Gasteiger partial charge in [0.1, 0.15) is 6.26 Å². The molecule has 8 nitrogen and oxygen atoms in total. The van der Waals surface area contributed by atoms with Gasteiger partial charge in [0, 0.05) is 58.9 Å². The third-order valence-electron chi connectivity index (χ3n) is 4.40. The average molecular weight is 350 g/mol. The molecule has 8 heteroatoms. The molecule has 0 saturated carbocycles. The van der Waals surface area contributed by atoms with E-state index in [0.717, 1.165) is 44.4 Å². The van der Waals surface area contributed by atoms with Gasteiger partial charge < -0.3 is 20.1 Å². The van der Waals surface area contributed by atoms with Crippen molar-refractivity contribution in [3.05, 3.63) is 18.0 Å². The minimum atomic E-state index is -0.485. The highest BCUT2D eigenvalue weighted by atomic mass is 16.5. The Labute approximate surface area is 149 Å². The van der Waals surface area contributed by atoms with Crippen LogP contribution in [0.25, 0.3) is 0 Å². The van der Waals surface area contributed by atoms with E-state index in [-0.39, 0.29) is 5.91 Å². The minimum Gasteiger partial charge on any atom is -0.364 e. The van der Waals surface area contributed by atoms with Crippen LogP contribution < -0.4 is 10.6 Å². The van der Waals surface area contributed by atoms with Gasteiger partial charge in [0.2, 0.25) is 5.91 Å². The molecule has 1 fully saturated rings. The van der Waals surface area contributed by atoms with Crippen LogP contribution in [0.2, 0.25) is 0 Å². The summed E-state index contributed by atoms with van der Waals surface area (Å²) in [5.41, 5.74) is 0.473. The van der Waals surface area contributed by atoms with Gasteiger partial charge in [-0.1, -0.05) is 5.16 Å². The van der Waals surface area contributed by atoms with Gasteiger partial charge in [-0.2, -0.15) is 0 Å². The van der Waals surface area contributed by atoms with Crippen LogP contribution in [0, 0.1) is 5.41 Å². The summed E-state index contributed by atoms with van der Waals surface area (Å²) in [6, 6.07) is 1.90. The number of carbonyl (C=O) groups excluding carboxylic acids is 1. The molecule has 0 aromatic carbocycles. The van der Waals surface area contributed by atoms with Gasteiger partial charge >= 0.3 is 0 Å². The molecule has 25 heavy (non-hydrogen) atoms. The Hall–Kier alpha value is -2.09. The first kappa shape index (κ1) is 19.2. The van der Waals surface area contributed by atoms with E-state index in [2.05, 4.69) is 30.6 Å². The molecule has 1 amide bonds. The summed E-state index contributed by atoms with van der Waals surface area (Å²) >= 11 is 0. The Balaban J connectivity index is 1.81. The zero-order valence-corrected chi connectivity index (χ0v) is 15.7. The second kappa shape index (κ2) is 8.84. The van der Waals surface area contributed by atoms with E-state index in [9.17, 15) is 4.79 Å². The van der Waals surface area contributed by atoms with Gasteiger partial charge in [-0.05, 0) is 20.8 Å². The fourth-order valence-electron chi connectivity index (χ4n) is 2.78. The number of guanidine groups is 1. The van der Waals surface area contributed by atoms with Crippen molar-refractivity contribution in [1.82, 2.24) is 25.6 Å². The average Bonchev–Trinajstić information content (AvgIpc) is 3.10. The Morgan fingerprint density at radius 2 is 2.04 bits per heavy atom. The van der Waals surface area contributed by atoms with Crippen LogP contribution in [0.4, 0.5) is 0 Å². The summed E-state index contributed by atoms with van der Waals surface area (Å²) in [4.78, 5) is 21.1. The van der Waals surface area contributed by atoms with Crippen LogP contribution in [0.15, 0.2) is 21.8 Å². The molecule has 0 bridgehead atoms. The van der Waals surface area contributed by atoms with Gasteiger partial charge in [-0.3, -0.25) is 14.7 Å². The molecule has 0 aliphatic carbocycles. The molecular formula is C17H30N6O2. The maximum Gasteiger partial charge on any atom is 0.227 e. The third-order valence-corrected chi connectivity index (χ3v) is 4.40. The fraction of sp³-hybridized carbons (Fsp3) is 0.706. The molecule has 1 aromatic heterocycles. The molecule has 2 rings (SSSR count). The predicted molar refractivity (Wildman–Crippen MR) is 97.2 cm³/mol. The second-order valence-corrected chi connectivity index (χ2v) is 6.90. The van der Waals surface area contributed by atoms with Crippen LogP contribution in [-0.2, 0) is 11.3 Å². The molecule has 2 heterocycles. The van der Waals surface area contributed by atoms with Gasteiger partial charge in [0.15, 0.2) is 5.96 Å². The fourth-order valence-corrected chi connectivity index (χ4v) is 2.78. The predicted octanol–water partition coefficient (Wildman–Crippen LogP) is 0.530. The van der Waals surface area contributed by atoms with Crippen LogP contribution in [-0.4, -0.2) is 73.1 Å². The quantitative estimate of drug-likeness (QED) is 0.575. The Kier molecular flexibility index (Phi) is 6.81. The van der Waals surface area contributed by atoms with Crippen molar-refractivity contribution < 1.29 is 9.32 Å². The van der Waals surface area contributed by atoms with E-state index in [0.29, 0.717) is 13.1 Å². The van der Waals surface area contributed by atoms with Crippen LogP contribution in [0.3, 0.4) is 0 Å². The van der Waals surface area contributed by atoms with Crippen molar-refractivity contribution >= 4 is 11.9 Å². The lowest BCUT2D eigenvalue weighted by atomic mass is 9.92. The topological polar surface area (TPSA) is 86.0 Å². The molecule has 0 spiro atoms. The van der Waals surface area contributed by atoms with Crippen molar-refractivity contribution in [2.45, 2.75) is 27.3 Å². The van der Waals surface area contributed by atoms with Gasteiger partial charge in [-0.25, -0.2) is 0 Å². The molecule has 0 atom stereocenters. The van der Waals surface area contributed by atoms with Crippen LogP contribution in [0.1, 0.15) is 26.5 Å². The highest BCUT2D eigenvalue weighted by Gasteiger charge is 2.28. The Morgan fingerprint density at radius 1 is 1.32 bits per heavy atom. The Morgan fingerprint density at radius 3 is 2.60 bits per heavy atom. The SMILES string of the molecule is CCNC(=O)C(C)(C)CNC(=NC)N1CCN(Cc2ccon2)CC1. The third kappa shape index (κ3) is 5.45. The number of carbonyl (C=O) groups is 1. The van der Waals surface area contributed by atoms with Crippen molar-refractivity contribution in [1.29, 1.82) is 0 Å². The first-order valence-electron chi connectivity index (χ1n) is 8.81. The van der Waals surface area contributed by atoms with Crippen molar-refractivity contribution in [3.63, 3.8) is 0 Å². The first-order chi connectivity index (χ1) is 12.0. The molecular weight excluding hydrogens is 320 g/mol. The number of hydrogen-bond donors (Lipinski definition) is 2. The van der Waals surface area contributed by atoms with E-state index >= 15 is 0 Å². The van der Waals surface area contributed by atoms with E-state index in [1.54, 1.807) is 13.3 Å². The standard InChI is InChI=1S/C17H30N6O2/c1-5-19-15(24)17(2,3)13-20-16(18-4)23-9-7-22(8-10-23)12-14-6-11-25-21-14/h6,11H,5,7-10,12-13H2,1-4H3,(H,18,20)(H,19,24). The van der Waals surface area contributed by atoms with Crippen LogP contribution in [0.5, 0.6) is 0 Å². The van der Waals surface area contributed by atoms with Gasteiger partial charge in [0.25, 0.3) is 0 Å². The van der Waals surface area contributed by atoms with Crippen LogP contribution >= 0.6 is 0 Å². The van der Waals surface area contributed by atoms with E-state index in [4.69, 9.17) is 4.52 Å². The lowest BCUT2D eigenvalue weighted by Crippen LogP contribution is -2.54. The maximum atomic E-state index is 12.1. The second-order valence-electron chi connectivity index (χ2n) is 6.90. The monoisotopic (exact) mass is 350 g/mol. The molecule has 2 N–H and O–H groups in total. The largest absolute Gasteiger partial charge is 0.364 e. The first-order valence-corrected chi connectivity index (χ1v) is 8.81. The molecule has 1 aromatic rings. The minimum absolute atomic E-state index is 0.0513. The lowest BCUT2D eigenvalue weighted by Gasteiger charge is -2.37. The summed E-state index contributed by atoms with van der Waals surface area (Å²) < 4.78 is 4.88. The summed E-state index contributed by atoms with van der Waals surface area (Å²) in [6.45, 7) is 11.5. The zero-order chi connectivity index (χ0) is 18.3. The number of aromatic nitrogens is 1. The smallest absolute Gasteiger partial charge is 0.227 e. The number of hydrogen-bond acceptors (Lipinski definition) is 5. The normalized spacial score (nSPS) is 16.8. The molecule has 1 aliphatic heterocycles. The summed E-state index contributed by atoms with van der Waals surface area (Å²) in [5.74, 6) is 0.897. The molecule has 140 valence electrons. The van der Waals surface area contributed by atoms with E-state index < -0.39 is 5.41 Å². The lowest BCUT2D eigenvalue weighted by molar-refractivity contribution is -0.128. The Bertz CT molecular complexity index is 562. The number of nitrogens with zero attached hydrogens (tertiary/aromatic N) is 4. The molecule has 0 unspecified atom stereocenters. The zero-order valence-electron chi connectivity index (χ0n) is 15.7. The molecule has 0 radical (unpaired) electrons. The number of amides is 1. The van der Waals surface area contributed by atoms with E-state index in [1.165, 1.54) is 0 Å². The summed E-state index contributed by atoms with van der Waals surface area (Å²) in [7, 11) is 1.78. The summed E-state index contributed by atoms with van der Waals surface area (Å²) in [6.07, 6.45) is 1.60. The number of piperazine rings is 1. The highest BCUT2D eigenvalue weighted by Crippen LogP contribution is 2.14. The van der Waals surface area contributed by atoms with Crippen molar-refractivity contribution in [2.24, 2.45) is 10.4 Å². The number of aliphatic imine (C=N–C) groups is 1. The van der Waals surface area contributed by atoms with Gasteiger partial charge in [-0.15, -0.1) is 0 Å². The summed E-state index contributed by atoms with van der Waals surface area (Å²) in [5, 5.41) is 10.2. The number of nitrogens with one attached hydrogen (secondary N) is 2. The highest BCUT2D eigenvalue weighted by molar-refractivity contribution is 5.84. The molecule has 1 aliphatic rings. The number of rotatable bonds is 6. The maximum absolute atomic E-state index is 12.1. The molecule has 1 saturated heterocycles. The van der Waals surface area contributed by atoms with Crippen molar-refractivity contribution in [3.8, 4) is 0 Å². The van der Waals surface area contributed by atoms with Gasteiger partial charge in [0.05, 0.1) is 11.1 Å². The van der Waals surface area contributed by atoms with Crippen molar-refractivity contribution in [2.75, 3.05) is 46.3 Å². The van der Waals surface area contributed by atoms with E-state index in [1.807, 2.05) is 26.8 Å².